The highest BCUT2D eigenvalue weighted by Gasteiger charge is 2.55. The van der Waals surface area contributed by atoms with Crippen molar-refractivity contribution in [2.45, 2.75) is 57.0 Å². The standard InChI is InChI=1S/C10H23NO4/c1-7(12)9(3,14)10(4,15)8(2,13)5-6-11/h7,12-15H,5-6,11H2,1-4H3. The number of rotatable bonds is 5. The molecule has 92 valence electrons. The molecule has 0 aliphatic carbocycles. The Morgan fingerprint density at radius 2 is 1.53 bits per heavy atom. The Bertz CT molecular complexity index is 211. The van der Waals surface area contributed by atoms with Gasteiger partial charge in [0.15, 0.2) is 0 Å². The van der Waals surface area contributed by atoms with E-state index in [9.17, 15) is 20.4 Å². The molecule has 0 aliphatic heterocycles. The molecule has 0 aliphatic rings. The van der Waals surface area contributed by atoms with E-state index in [2.05, 4.69) is 0 Å². The molecule has 15 heavy (non-hydrogen) atoms. The van der Waals surface area contributed by atoms with Gasteiger partial charge in [0, 0.05) is 0 Å². The lowest BCUT2D eigenvalue weighted by Gasteiger charge is -2.49. The van der Waals surface area contributed by atoms with Crippen molar-refractivity contribution >= 4 is 0 Å². The Morgan fingerprint density at radius 3 is 1.80 bits per heavy atom. The summed E-state index contributed by atoms with van der Waals surface area (Å²) in [4.78, 5) is 0. The van der Waals surface area contributed by atoms with Crippen LogP contribution in [0.1, 0.15) is 34.1 Å². The molecule has 0 aromatic rings. The van der Waals surface area contributed by atoms with Gasteiger partial charge in [-0.3, -0.25) is 0 Å². The first kappa shape index (κ1) is 14.8. The van der Waals surface area contributed by atoms with Crippen LogP contribution in [0.4, 0.5) is 0 Å². The van der Waals surface area contributed by atoms with Crippen LogP contribution in [0.3, 0.4) is 0 Å². The predicted octanol–water partition coefficient (Wildman–Crippen LogP) is -1.03. The fourth-order valence-electron chi connectivity index (χ4n) is 1.48. The molecule has 4 atom stereocenters. The molecule has 0 amide bonds. The normalized spacial score (nSPS) is 26.2. The van der Waals surface area contributed by atoms with E-state index >= 15 is 0 Å². The average Bonchev–Trinajstić information content (AvgIpc) is 2.02. The lowest BCUT2D eigenvalue weighted by atomic mass is 9.70. The van der Waals surface area contributed by atoms with Crippen LogP contribution in [0.15, 0.2) is 0 Å². The number of aliphatic hydroxyl groups is 4. The molecule has 0 saturated carbocycles. The lowest BCUT2D eigenvalue weighted by Crippen LogP contribution is -2.67. The summed E-state index contributed by atoms with van der Waals surface area (Å²) < 4.78 is 0. The van der Waals surface area contributed by atoms with Crippen molar-refractivity contribution in [2.75, 3.05) is 6.54 Å². The summed E-state index contributed by atoms with van der Waals surface area (Å²) in [6.45, 7) is 5.49. The highest BCUT2D eigenvalue weighted by Crippen LogP contribution is 2.36. The maximum absolute atomic E-state index is 10.2. The molecule has 0 radical (unpaired) electrons. The molecule has 0 bridgehead atoms. The SMILES string of the molecule is CC(O)C(C)(O)C(C)(O)C(C)(O)CCN. The van der Waals surface area contributed by atoms with Crippen molar-refractivity contribution in [1.29, 1.82) is 0 Å². The van der Waals surface area contributed by atoms with Crippen molar-refractivity contribution in [1.82, 2.24) is 0 Å². The van der Waals surface area contributed by atoms with E-state index in [1.54, 1.807) is 0 Å². The quantitative estimate of drug-likeness (QED) is 0.408. The molecule has 5 nitrogen and oxygen atoms in total. The zero-order valence-corrected chi connectivity index (χ0v) is 9.86. The van der Waals surface area contributed by atoms with Gasteiger partial charge in [0.05, 0.1) is 11.7 Å². The van der Waals surface area contributed by atoms with E-state index in [0.29, 0.717) is 0 Å². The molecular formula is C10H23NO4. The van der Waals surface area contributed by atoms with Crippen LogP contribution in [0.25, 0.3) is 0 Å². The summed E-state index contributed by atoms with van der Waals surface area (Å²) in [5.41, 5.74) is 0.0808. The zero-order chi connectivity index (χ0) is 12.5. The van der Waals surface area contributed by atoms with Gasteiger partial charge in [0.2, 0.25) is 0 Å². The second-order valence-electron chi connectivity index (χ2n) is 4.71. The largest absolute Gasteiger partial charge is 0.390 e. The topological polar surface area (TPSA) is 107 Å². The van der Waals surface area contributed by atoms with Gasteiger partial charge in [0.25, 0.3) is 0 Å². The van der Waals surface area contributed by atoms with Crippen LogP contribution in [0.2, 0.25) is 0 Å². The number of hydrogen-bond donors (Lipinski definition) is 5. The van der Waals surface area contributed by atoms with Crippen LogP contribution >= 0.6 is 0 Å². The third-order valence-electron chi connectivity index (χ3n) is 3.48. The van der Waals surface area contributed by atoms with Crippen LogP contribution < -0.4 is 5.73 Å². The molecule has 0 rings (SSSR count). The van der Waals surface area contributed by atoms with Crippen LogP contribution in [-0.2, 0) is 0 Å². The van der Waals surface area contributed by atoms with Crippen LogP contribution in [-0.4, -0.2) is 49.9 Å². The van der Waals surface area contributed by atoms with Crippen molar-refractivity contribution in [3.8, 4) is 0 Å². The van der Waals surface area contributed by atoms with Crippen molar-refractivity contribution < 1.29 is 20.4 Å². The molecular weight excluding hydrogens is 198 g/mol. The minimum Gasteiger partial charge on any atom is -0.390 e. The van der Waals surface area contributed by atoms with Gasteiger partial charge in [-0.1, -0.05) is 0 Å². The zero-order valence-electron chi connectivity index (χ0n) is 9.86. The summed E-state index contributed by atoms with van der Waals surface area (Å²) >= 11 is 0. The van der Waals surface area contributed by atoms with Gasteiger partial charge in [-0.2, -0.15) is 0 Å². The lowest BCUT2D eigenvalue weighted by molar-refractivity contribution is -0.252. The molecule has 0 heterocycles. The molecule has 0 spiro atoms. The molecule has 6 N–H and O–H groups in total. The third-order valence-corrected chi connectivity index (χ3v) is 3.48. The summed E-state index contributed by atoms with van der Waals surface area (Å²) in [5.74, 6) is 0. The summed E-state index contributed by atoms with van der Waals surface area (Å²) in [6.07, 6.45) is -1.04. The van der Waals surface area contributed by atoms with E-state index in [0.717, 1.165) is 0 Å². The molecule has 5 heteroatoms. The fourth-order valence-corrected chi connectivity index (χ4v) is 1.48. The van der Waals surface area contributed by atoms with Crippen LogP contribution in [0, 0.1) is 0 Å². The number of aliphatic hydroxyl groups excluding tert-OH is 1. The molecule has 0 aromatic heterocycles. The van der Waals surface area contributed by atoms with Gasteiger partial charge in [-0.15, -0.1) is 0 Å². The number of nitrogens with two attached hydrogens (primary N) is 1. The smallest absolute Gasteiger partial charge is 0.121 e. The second kappa shape index (κ2) is 4.35. The first-order valence-corrected chi connectivity index (χ1v) is 5.06. The van der Waals surface area contributed by atoms with Gasteiger partial charge in [-0.05, 0) is 40.7 Å². The highest BCUT2D eigenvalue weighted by atomic mass is 16.4. The second-order valence-corrected chi connectivity index (χ2v) is 4.71. The van der Waals surface area contributed by atoms with Gasteiger partial charge < -0.3 is 26.2 Å². The monoisotopic (exact) mass is 221 g/mol. The maximum atomic E-state index is 10.2. The fraction of sp³-hybridized carbons (Fsp3) is 1.00. The highest BCUT2D eigenvalue weighted by molar-refractivity contribution is 5.07. The Labute approximate surface area is 90.5 Å². The Morgan fingerprint density at radius 1 is 1.13 bits per heavy atom. The summed E-state index contributed by atoms with van der Waals surface area (Å²) in [7, 11) is 0. The van der Waals surface area contributed by atoms with E-state index in [-0.39, 0.29) is 13.0 Å². The molecule has 4 unspecified atom stereocenters. The molecule has 0 fully saturated rings. The first-order valence-electron chi connectivity index (χ1n) is 5.06. The Balaban J connectivity index is 5.11. The van der Waals surface area contributed by atoms with Gasteiger partial charge >= 0.3 is 0 Å². The van der Waals surface area contributed by atoms with Gasteiger partial charge in [-0.25, -0.2) is 0 Å². The van der Waals surface area contributed by atoms with E-state index < -0.39 is 22.9 Å². The van der Waals surface area contributed by atoms with E-state index in [1.807, 2.05) is 0 Å². The maximum Gasteiger partial charge on any atom is 0.121 e. The Hall–Kier alpha value is -0.200. The molecule has 0 saturated heterocycles. The van der Waals surface area contributed by atoms with E-state index in [4.69, 9.17) is 5.73 Å². The van der Waals surface area contributed by atoms with Crippen molar-refractivity contribution in [3.63, 3.8) is 0 Å². The number of hydrogen-bond acceptors (Lipinski definition) is 5. The minimum absolute atomic E-state index is 0.128. The first-order chi connectivity index (χ1) is 6.50. The minimum atomic E-state index is -1.85. The van der Waals surface area contributed by atoms with Crippen molar-refractivity contribution in [2.24, 2.45) is 5.73 Å². The van der Waals surface area contributed by atoms with E-state index in [1.165, 1.54) is 27.7 Å². The van der Waals surface area contributed by atoms with Gasteiger partial charge in [0.1, 0.15) is 11.2 Å². The third kappa shape index (κ3) is 2.49. The average molecular weight is 221 g/mol. The Kier molecular flexibility index (Phi) is 4.29. The van der Waals surface area contributed by atoms with Crippen LogP contribution in [0.5, 0.6) is 0 Å². The molecule has 0 aromatic carbocycles. The summed E-state index contributed by atoms with van der Waals surface area (Å²) in [5, 5.41) is 39.6. The summed E-state index contributed by atoms with van der Waals surface area (Å²) in [6, 6.07) is 0. The van der Waals surface area contributed by atoms with Crippen molar-refractivity contribution in [3.05, 3.63) is 0 Å². The predicted molar refractivity (Wildman–Crippen MR) is 57.2 cm³/mol.